The van der Waals surface area contributed by atoms with Crippen LogP contribution in [-0.2, 0) is 0 Å². The zero-order chi connectivity index (χ0) is 9.97. The molecular weight excluding hydrogens is 196 g/mol. The Hall–Kier alpha value is -0.730. The largest absolute Gasteiger partial charge is 0.368 e. The van der Waals surface area contributed by atoms with Gasteiger partial charge in [-0.1, -0.05) is 17.7 Å². The van der Waals surface area contributed by atoms with E-state index in [0.29, 0.717) is 6.04 Å². The van der Waals surface area contributed by atoms with Gasteiger partial charge in [-0.2, -0.15) is 0 Å². The molecule has 1 aliphatic heterocycles. The number of nitrogens with two attached hydrogens (primary N) is 1. The van der Waals surface area contributed by atoms with Crippen LogP contribution in [0, 0.1) is 0 Å². The molecule has 2 nitrogen and oxygen atoms in total. The highest BCUT2D eigenvalue weighted by Gasteiger charge is 2.26. The lowest BCUT2D eigenvalue weighted by Crippen LogP contribution is -2.48. The molecule has 3 heteroatoms. The summed E-state index contributed by atoms with van der Waals surface area (Å²) in [5.41, 5.74) is 6.78. The summed E-state index contributed by atoms with van der Waals surface area (Å²) in [5, 5.41) is 0.806. The van der Waals surface area contributed by atoms with E-state index in [2.05, 4.69) is 11.0 Å². The summed E-state index contributed by atoms with van der Waals surface area (Å²) in [4.78, 5) is 2.37. The molecule has 0 saturated carbocycles. The third kappa shape index (κ3) is 1.86. The van der Waals surface area contributed by atoms with Crippen molar-refractivity contribution in [3.05, 3.63) is 29.3 Å². The number of hydrogen-bond donors (Lipinski definition) is 1. The molecule has 1 fully saturated rings. The maximum Gasteiger partial charge on any atom is 0.0426 e. The van der Waals surface area contributed by atoms with Crippen molar-refractivity contribution in [2.75, 3.05) is 18.0 Å². The predicted octanol–water partition coefficient (Wildman–Crippen LogP) is 2.27. The second kappa shape index (κ2) is 4.20. The molecule has 1 aliphatic rings. The third-order valence-electron chi connectivity index (χ3n) is 2.78. The summed E-state index contributed by atoms with van der Waals surface area (Å²) in [6, 6.07) is 8.65. The molecule has 1 aromatic rings. The average molecular weight is 211 g/mol. The van der Waals surface area contributed by atoms with Gasteiger partial charge in [0.1, 0.15) is 0 Å². The summed E-state index contributed by atoms with van der Waals surface area (Å²) in [7, 11) is 0. The third-order valence-corrected chi connectivity index (χ3v) is 3.02. The monoisotopic (exact) mass is 210 g/mol. The summed E-state index contributed by atoms with van der Waals surface area (Å²) in [6.07, 6.45) is 2.33. The molecule has 1 heterocycles. The van der Waals surface area contributed by atoms with E-state index in [1.807, 2.05) is 18.2 Å². The molecule has 0 bridgehead atoms. The van der Waals surface area contributed by atoms with Gasteiger partial charge in [0, 0.05) is 23.3 Å². The lowest BCUT2D eigenvalue weighted by Gasteiger charge is -2.43. The van der Waals surface area contributed by atoms with Crippen LogP contribution in [0.5, 0.6) is 0 Å². The van der Waals surface area contributed by atoms with Crippen molar-refractivity contribution in [1.29, 1.82) is 0 Å². The topological polar surface area (TPSA) is 29.3 Å². The van der Waals surface area contributed by atoms with Gasteiger partial charge >= 0.3 is 0 Å². The van der Waals surface area contributed by atoms with Crippen molar-refractivity contribution in [2.45, 2.75) is 18.9 Å². The van der Waals surface area contributed by atoms with Crippen LogP contribution in [0.25, 0.3) is 0 Å². The number of hydrogen-bond acceptors (Lipinski definition) is 2. The van der Waals surface area contributed by atoms with E-state index in [1.165, 1.54) is 12.1 Å². The van der Waals surface area contributed by atoms with Gasteiger partial charge in [-0.25, -0.2) is 0 Å². The normalized spacial score (nSPS) is 20.7. The van der Waals surface area contributed by atoms with Gasteiger partial charge < -0.3 is 10.6 Å². The van der Waals surface area contributed by atoms with E-state index in [0.717, 1.165) is 24.5 Å². The van der Waals surface area contributed by atoms with Crippen molar-refractivity contribution >= 4 is 17.3 Å². The Bertz CT molecular complexity index is 314. The van der Waals surface area contributed by atoms with Crippen LogP contribution in [0.1, 0.15) is 12.8 Å². The lowest BCUT2D eigenvalue weighted by atomic mass is 9.98. The minimum Gasteiger partial charge on any atom is -0.368 e. The number of nitrogens with zero attached hydrogens (tertiary/aromatic N) is 1. The highest BCUT2D eigenvalue weighted by molar-refractivity contribution is 6.30. The van der Waals surface area contributed by atoms with Gasteiger partial charge in [-0.05, 0) is 37.6 Å². The van der Waals surface area contributed by atoms with E-state index < -0.39 is 0 Å². The lowest BCUT2D eigenvalue weighted by molar-refractivity contribution is 0.428. The zero-order valence-electron chi connectivity index (χ0n) is 8.12. The summed E-state index contributed by atoms with van der Waals surface area (Å²) >= 11 is 5.94. The Morgan fingerprint density at radius 1 is 1.50 bits per heavy atom. The number of benzene rings is 1. The first-order chi connectivity index (χ1) is 6.81. The summed E-state index contributed by atoms with van der Waals surface area (Å²) in [6.45, 7) is 1.90. The van der Waals surface area contributed by atoms with Gasteiger partial charge in [0.25, 0.3) is 0 Å². The van der Waals surface area contributed by atoms with E-state index >= 15 is 0 Å². The molecule has 1 saturated heterocycles. The van der Waals surface area contributed by atoms with Crippen LogP contribution in [-0.4, -0.2) is 19.1 Å². The highest BCUT2D eigenvalue weighted by Crippen LogP contribution is 2.29. The predicted molar refractivity (Wildman–Crippen MR) is 60.9 cm³/mol. The average Bonchev–Trinajstić information content (AvgIpc) is 2.12. The molecule has 1 atom stereocenters. The van der Waals surface area contributed by atoms with Crippen LogP contribution < -0.4 is 10.6 Å². The first-order valence-corrected chi connectivity index (χ1v) is 5.41. The Balaban J connectivity index is 2.08. The Morgan fingerprint density at radius 2 is 2.36 bits per heavy atom. The first kappa shape index (κ1) is 9.81. The molecule has 1 unspecified atom stereocenters. The Kier molecular flexibility index (Phi) is 2.94. The van der Waals surface area contributed by atoms with Gasteiger partial charge in [0.05, 0.1) is 0 Å². The van der Waals surface area contributed by atoms with Crippen molar-refractivity contribution in [3.8, 4) is 0 Å². The smallest absolute Gasteiger partial charge is 0.0426 e. The fourth-order valence-electron chi connectivity index (χ4n) is 1.93. The van der Waals surface area contributed by atoms with Crippen molar-refractivity contribution < 1.29 is 0 Å². The zero-order valence-corrected chi connectivity index (χ0v) is 8.87. The minimum absolute atomic E-state index is 0.624. The molecule has 1 aromatic carbocycles. The van der Waals surface area contributed by atoms with Crippen molar-refractivity contribution in [1.82, 2.24) is 0 Å². The van der Waals surface area contributed by atoms with Gasteiger partial charge in [0.2, 0.25) is 0 Å². The van der Waals surface area contributed by atoms with E-state index in [1.54, 1.807) is 0 Å². The number of anilines is 1. The molecule has 2 N–H and O–H groups in total. The SMILES string of the molecule is NCCC1CCN1c1cccc(Cl)c1. The molecule has 0 aromatic heterocycles. The first-order valence-electron chi connectivity index (χ1n) is 5.03. The van der Waals surface area contributed by atoms with E-state index in [-0.39, 0.29) is 0 Å². The fraction of sp³-hybridized carbons (Fsp3) is 0.455. The molecule has 0 amide bonds. The van der Waals surface area contributed by atoms with Gasteiger partial charge in [-0.3, -0.25) is 0 Å². The van der Waals surface area contributed by atoms with Crippen LogP contribution in [0.3, 0.4) is 0 Å². The van der Waals surface area contributed by atoms with Crippen molar-refractivity contribution in [2.24, 2.45) is 5.73 Å². The Morgan fingerprint density at radius 3 is 2.93 bits per heavy atom. The summed E-state index contributed by atoms with van der Waals surface area (Å²) in [5.74, 6) is 0. The molecule has 0 spiro atoms. The van der Waals surface area contributed by atoms with Crippen LogP contribution in [0.15, 0.2) is 24.3 Å². The fourth-order valence-corrected chi connectivity index (χ4v) is 2.11. The van der Waals surface area contributed by atoms with Crippen LogP contribution in [0.2, 0.25) is 5.02 Å². The molecule has 0 radical (unpaired) electrons. The van der Waals surface area contributed by atoms with Gasteiger partial charge in [-0.15, -0.1) is 0 Å². The second-order valence-corrected chi connectivity index (χ2v) is 4.13. The quantitative estimate of drug-likeness (QED) is 0.830. The number of halogens is 1. The maximum atomic E-state index is 5.94. The molecule has 2 rings (SSSR count). The van der Waals surface area contributed by atoms with Gasteiger partial charge in [0.15, 0.2) is 0 Å². The molecule has 76 valence electrons. The molecular formula is C11H15ClN2. The van der Waals surface area contributed by atoms with E-state index in [4.69, 9.17) is 17.3 Å². The minimum atomic E-state index is 0.624. The van der Waals surface area contributed by atoms with Crippen LogP contribution in [0.4, 0.5) is 5.69 Å². The second-order valence-electron chi connectivity index (χ2n) is 3.69. The Labute approximate surface area is 89.7 Å². The number of rotatable bonds is 3. The highest BCUT2D eigenvalue weighted by atomic mass is 35.5. The summed E-state index contributed by atoms with van der Waals surface area (Å²) < 4.78 is 0. The molecule has 0 aliphatic carbocycles. The maximum absolute atomic E-state index is 5.94. The van der Waals surface area contributed by atoms with Crippen molar-refractivity contribution in [3.63, 3.8) is 0 Å². The van der Waals surface area contributed by atoms with E-state index in [9.17, 15) is 0 Å². The standard InChI is InChI=1S/C11H15ClN2/c12-9-2-1-3-11(8-9)14-7-5-10(14)4-6-13/h1-3,8,10H,4-7,13H2. The molecule has 14 heavy (non-hydrogen) atoms. The van der Waals surface area contributed by atoms with Crippen LogP contribution >= 0.6 is 11.6 Å².